The Kier molecular flexibility index (Phi) is 8.94. The second kappa shape index (κ2) is 12.8. The molecule has 2 aromatic carbocycles. The molecule has 42 heavy (non-hydrogen) atoms. The van der Waals surface area contributed by atoms with Crippen molar-refractivity contribution in [2.45, 2.75) is 31.7 Å². The molecule has 0 saturated carbocycles. The summed E-state index contributed by atoms with van der Waals surface area (Å²) < 4.78 is 10.9. The summed E-state index contributed by atoms with van der Waals surface area (Å²) in [5.74, 6) is 1.37. The number of nitrogens with one attached hydrogen (secondary N) is 4. The third kappa shape index (κ3) is 6.19. The Morgan fingerprint density at radius 3 is 2.57 bits per heavy atom. The topological polar surface area (TPSA) is 124 Å². The highest BCUT2D eigenvalue weighted by Gasteiger charge is 2.27. The van der Waals surface area contributed by atoms with Gasteiger partial charge in [0.2, 0.25) is 5.95 Å². The fourth-order valence-corrected chi connectivity index (χ4v) is 5.63. The first-order valence-electron chi connectivity index (χ1n) is 14.0. The Bertz CT molecular complexity index is 1530. The minimum atomic E-state index is -0.121. The van der Waals surface area contributed by atoms with Crippen LogP contribution in [-0.4, -0.2) is 73.9 Å². The lowest BCUT2D eigenvalue weighted by Crippen LogP contribution is -2.43. The van der Waals surface area contributed by atoms with Gasteiger partial charge in [0, 0.05) is 41.7 Å². The molecule has 220 valence electrons. The number of carbonyl (C=O) groups excluding carboxylic acids is 1. The number of aryl methyl sites for hydroxylation is 1. The van der Waals surface area contributed by atoms with Gasteiger partial charge in [0.05, 0.1) is 36.3 Å². The lowest BCUT2D eigenvalue weighted by atomic mass is 9.87. The molecule has 2 heterocycles. The minimum Gasteiger partial charge on any atom is -0.497 e. The van der Waals surface area contributed by atoms with Crippen molar-refractivity contribution < 1.29 is 14.3 Å². The SMILES string of the molecule is CN/C(=C1\C(=N)CCc2cnc(Nc3ccc(C(=O)NC4CCN(C)CC4)cc3OC)nc21)c1ccc(OC)cc1Cl. The number of piperidine rings is 1. The Balaban J connectivity index is 1.43. The maximum Gasteiger partial charge on any atom is 0.251 e. The van der Waals surface area contributed by atoms with Crippen LogP contribution in [-0.2, 0) is 6.42 Å². The van der Waals surface area contributed by atoms with Gasteiger partial charge >= 0.3 is 0 Å². The van der Waals surface area contributed by atoms with Crippen molar-refractivity contribution in [2.75, 3.05) is 46.7 Å². The van der Waals surface area contributed by atoms with Crippen molar-refractivity contribution in [3.05, 3.63) is 70.0 Å². The Morgan fingerprint density at radius 2 is 1.88 bits per heavy atom. The molecule has 1 fully saturated rings. The number of allylic oxidation sites excluding steroid dienone is 1. The smallest absolute Gasteiger partial charge is 0.251 e. The summed E-state index contributed by atoms with van der Waals surface area (Å²) in [7, 11) is 7.06. The van der Waals surface area contributed by atoms with E-state index in [1.54, 1.807) is 51.7 Å². The van der Waals surface area contributed by atoms with E-state index in [0.29, 0.717) is 69.2 Å². The number of anilines is 2. The number of methoxy groups -OCH3 is 2. The number of nitrogens with zero attached hydrogens (tertiary/aromatic N) is 3. The largest absolute Gasteiger partial charge is 0.497 e. The number of benzene rings is 2. The van der Waals surface area contributed by atoms with Gasteiger partial charge in [-0.3, -0.25) is 4.79 Å². The third-order valence-electron chi connectivity index (χ3n) is 7.76. The van der Waals surface area contributed by atoms with E-state index in [1.807, 2.05) is 12.1 Å². The first kappa shape index (κ1) is 29.3. The van der Waals surface area contributed by atoms with Crippen molar-refractivity contribution in [3.63, 3.8) is 0 Å². The van der Waals surface area contributed by atoms with Crippen LogP contribution in [0.1, 0.15) is 46.4 Å². The molecule has 0 radical (unpaired) electrons. The highest BCUT2D eigenvalue weighted by atomic mass is 35.5. The average molecular weight is 590 g/mol. The first-order valence-corrected chi connectivity index (χ1v) is 14.3. The highest BCUT2D eigenvalue weighted by molar-refractivity contribution is 6.35. The normalized spacial score (nSPS) is 16.8. The number of amides is 1. The molecule has 3 aromatic rings. The molecular weight excluding hydrogens is 554 g/mol. The zero-order valence-electron chi connectivity index (χ0n) is 24.3. The molecule has 1 aliphatic carbocycles. The van der Waals surface area contributed by atoms with E-state index in [1.165, 1.54) is 0 Å². The number of ether oxygens (including phenoxy) is 2. The molecule has 5 rings (SSSR count). The molecule has 1 aliphatic heterocycles. The fraction of sp³-hybridized carbons (Fsp3) is 0.355. The van der Waals surface area contributed by atoms with E-state index in [-0.39, 0.29) is 11.9 Å². The van der Waals surface area contributed by atoms with Crippen LogP contribution in [0.5, 0.6) is 11.5 Å². The Labute approximate surface area is 251 Å². The van der Waals surface area contributed by atoms with Crippen LogP contribution in [0.3, 0.4) is 0 Å². The Hall–Kier alpha value is -4.15. The van der Waals surface area contributed by atoms with Crippen LogP contribution < -0.4 is 25.4 Å². The van der Waals surface area contributed by atoms with Gasteiger partial charge in [-0.25, -0.2) is 9.97 Å². The van der Waals surface area contributed by atoms with Gasteiger partial charge in [0.25, 0.3) is 5.91 Å². The average Bonchev–Trinajstić information content (AvgIpc) is 3.00. The van der Waals surface area contributed by atoms with E-state index in [0.717, 1.165) is 37.1 Å². The molecule has 4 N–H and O–H groups in total. The van der Waals surface area contributed by atoms with Crippen LogP contribution in [0.15, 0.2) is 42.6 Å². The summed E-state index contributed by atoms with van der Waals surface area (Å²) in [6.07, 6.45) is 4.88. The van der Waals surface area contributed by atoms with E-state index in [9.17, 15) is 4.79 Å². The maximum absolute atomic E-state index is 13.0. The van der Waals surface area contributed by atoms with Crippen LogP contribution in [0.25, 0.3) is 11.3 Å². The molecule has 1 amide bonds. The fourth-order valence-electron chi connectivity index (χ4n) is 5.36. The number of hydrogen-bond donors (Lipinski definition) is 4. The number of aromatic nitrogens is 2. The highest BCUT2D eigenvalue weighted by Crippen LogP contribution is 2.36. The van der Waals surface area contributed by atoms with Crippen molar-refractivity contribution in [1.29, 1.82) is 5.41 Å². The van der Waals surface area contributed by atoms with E-state index in [2.05, 4.69) is 32.9 Å². The lowest BCUT2D eigenvalue weighted by molar-refractivity contribution is 0.0916. The minimum absolute atomic E-state index is 0.121. The van der Waals surface area contributed by atoms with Crippen molar-refractivity contribution in [3.8, 4) is 11.5 Å². The standard InChI is InChI=1S/C31H36ClN7O3/c1-34-29(22-8-7-21(41-3)16-23(22)32)27-24(33)9-5-19-17-35-31(38-28(19)27)37-25-10-6-18(15-26(25)42-4)30(40)36-20-11-13-39(2)14-12-20/h6-8,10,15-17,20,33-34H,5,9,11-14H2,1-4H3,(H,36,40)(H,35,37,38)/b29-27+,33-24?. The molecule has 2 aliphatic rings. The summed E-state index contributed by atoms with van der Waals surface area (Å²) >= 11 is 6.63. The second-order valence-corrected chi connectivity index (χ2v) is 10.9. The van der Waals surface area contributed by atoms with Gasteiger partial charge in [-0.15, -0.1) is 0 Å². The van der Waals surface area contributed by atoms with Gasteiger partial charge in [-0.1, -0.05) is 11.6 Å². The number of fused-ring (bicyclic) bond motifs is 1. The molecule has 0 spiro atoms. The molecule has 1 aromatic heterocycles. The molecule has 11 heteroatoms. The van der Waals surface area contributed by atoms with Crippen molar-refractivity contribution in [2.24, 2.45) is 0 Å². The molecule has 0 unspecified atom stereocenters. The van der Waals surface area contributed by atoms with E-state index >= 15 is 0 Å². The summed E-state index contributed by atoms with van der Waals surface area (Å²) in [5, 5.41) is 19.0. The first-order chi connectivity index (χ1) is 20.3. The number of carbonyl (C=O) groups is 1. The van der Waals surface area contributed by atoms with Gasteiger partial charge < -0.3 is 35.7 Å². The van der Waals surface area contributed by atoms with Crippen LogP contribution in [0.4, 0.5) is 11.6 Å². The van der Waals surface area contributed by atoms with Gasteiger partial charge in [-0.05, 0) is 87.8 Å². The summed E-state index contributed by atoms with van der Waals surface area (Å²) in [5.41, 5.74) is 5.33. The van der Waals surface area contributed by atoms with Crippen molar-refractivity contribution in [1.82, 2.24) is 25.5 Å². The van der Waals surface area contributed by atoms with Gasteiger partial charge in [0.1, 0.15) is 11.5 Å². The van der Waals surface area contributed by atoms with E-state index in [4.69, 9.17) is 31.5 Å². The quantitative estimate of drug-likeness (QED) is 0.296. The van der Waals surface area contributed by atoms with Crippen LogP contribution in [0, 0.1) is 5.41 Å². The Morgan fingerprint density at radius 1 is 1.10 bits per heavy atom. The number of hydrogen-bond acceptors (Lipinski definition) is 9. The molecule has 0 bridgehead atoms. The monoisotopic (exact) mass is 589 g/mol. The number of halogens is 1. The number of likely N-dealkylation sites (tertiary alicyclic amines) is 1. The van der Waals surface area contributed by atoms with Gasteiger partial charge in [-0.2, -0.15) is 0 Å². The zero-order chi connectivity index (χ0) is 29.8. The third-order valence-corrected chi connectivity index (χ3v) is 8.07. The summed E-state index contributed by atoms with van der Waals surface area (Å²) in [6.45, 7) is 1.94. The summed E-state index contributed by atoms with van der Waals surface area (Å²) in [6, 6.07) is 10.9. The predicted molar refractivity (Wildman–Crippen MR) is 166 cm³/mol. The maximum atomic E-state index is 13.0. The molecule has 1 saturated heterocycles. The number of rotatable bonds is 8. The van der Waals surface area contributed by atoms with Gasteiger partial charge in [0.15, 0.2) is 0 Å². The second-order valence-electron chi connectivity index (χ2n) is 10.5. The van der Waals surface area contributed by atoms with E-state index < -0.39 is 0 Å². The molecule has 10 nitrogen and oxygen atoms in total. The predicted octanol–water partition coefficient (Wildman–Crippen LogP) is 4.77. The summed E-state index contributed by atoms with van der Waals surface area (Å²) in [4.78, 5) is 24.6. The molecule has 0 atom stereocenters. The lowest BCUT2D eigenvalue weighted by Gasteiger charge is -2.29. The van der Waals surface area contributed by atoms with Crippen LogP contribution in [0.2, 0.25) is 5.02 Å². The van der Waals surface area contributed by atoms with Crippen LogP contribution >= 0.6 is 11.6 Å². The zero-order valence-corrected chi connectivity index (χ0v) is 25.1. The van der Waals surface area contributed by atoms with Crippen molar-refractivity contribution >= 4 is 46.1 Å². The molecular formula is C31H36ClN7O3.